The van der Waals surface area contributed by atoms with Gasteiger partial charge in [-0.3, -0.25) is 4.90 Å². The summed E-state index contributed by atoms with van der Waals surface area (Å²) in [7, 11) is 3.57. The number of methoxy groups -OCH3 is 1. The van der Waals surface area contributed by atoms with Gasteiger partial charge >= 0.3 is 0 Å². The Hall–Kier alpha value is -1.11. The normalized spacial score (nSPS) is 18.9. The van der Waals surface area contributed by atoms with E-state index in [2.05, 4.69) is 15.3 Å². The molecule has 2 rings (SSSR count). The molecule has 20 heavy (non-hydrogen) atoms. The Morgan fingerprint density at radius 2 is 2.35 bits per heavy atom. The fourth-order valence-corrected chi connectivity index (χ4v) is 2.94. The number of rotatable bonds is 7. The van der Waals surface area contributed by atoms with E-state index in [1.165, 1.54) is 12.8 Å². The molecule has 1 aromatic heterocycles. The van der Waals surface area contributed by atoms with Crippen LogP contribution in [0.1, 0.15) is 24.1 Å². The third-order valence-electron chi connectivity index (χ3n) is 3.92. The van der Waals surface area contributed by atoms with Gasteiger partial charge in [0, 0.05) is 32.7 Å². The van der Waals surface area contributed by atoms with Crippen LogP contribution in [-0.4, -0.2) is 59.2 Å². The van der Waals surface area contributed by atoms with Crippen molar-refractivity contribution in [3.63, 3.8) is 0 Å². The standard InChI is InChI=1S/C14H26N4O2/c1-11-13(14(20-3)17(2)16-11)10-18(7-8-19)9-12-5-4-6-15-12/h12,15,19H,4-10H2,1-3H3. The van der Waals surface area contributed by atoms with Gasteiger partial charge in [0.25, 0.3) is 0 Å². The number of ether oxygens (including phenoxy) is 1. The van der Waals surface area contributed by atoms with E-state index in [9.17, 15) is 5.11 Å². The molecule has 0 spiro atoms. The zero-order chi connectivity index (χ0) is 14.5. The van der Waals surface area contributed by atoms with E-state index in [0.29, 0.717) is 12.6 Å². The molecule has 1 aliphatic rings. The number of hydrogen-bond acceptors (Lipinski definition) is 5. The molecule has 114 valence electrons. The lowest BCUT2D eigenvalue weighted by molar-refractivity contribution is 0.177. The number of nitrogens with one attached hydrogen (secondary N) is 1. The lowest BCUT2D eigenvalue weighted by Crippen LogP contribution is -2.38. The monoisotopic (exact) mass is 282 g/mol. The number of aryl methyl sites for hydroxylation is 2. The molecule has 1 fully saturated rings. The van der Waals surface area contributed by atoms with E-state index in [1.807, 2.05) is 14.0 Å². The zero-order valence-corrected chi connectivity index (χ0v) is 12.7. The number of aliphatic hydroxyl groups excluding tert-OH is 1. The van der Waals surface area contributed by atoms with Crippen LogP contribution in [0.2, 0.25) is 0 Å². The zero-order valence-electron chi connectivity index (χ0n) is 12.7. The topological polar surface area (TPSA) is 62.6 Å². The third-order valence-corrected chi connectivity index (χ3v) is 3.92. The Morgan fingerprint density at radius 3 is 2.95 bits per heavy atom. The van der Waals surface area contributed by atoms with E-state index >= 15 is 0 Å². The van der Waals surface area contributed by atoms with Crippen molar-refractivity contribution >= 4 is 0 Å². The maximum atomic E-state index is 9.28. The van der Waals surface area contributed by atoms with Gasteiger partial charge in [0.15, 0.2) is 0 Å². The first-order chi connectivity index (χ1) is 9.65. The van der Waals surface area contributed by atoms with Crippen molar-refractivity contribution in [2.24, 2.45) is 7.05 Å². The predicted octanol–water partition coefficient (Wildman–Crippen LogP) is 0.283. The van der Waals surface area contributed by atoms with Crippen molar-refractivity contribution in [2.45, 2.75) is 32.4 Å². The number of aromatic nitrogens is 2. The first-order valence-corrected chi connectivity index (χ1v) is 7.28. The van der Waals surface area contributed by atoms with E-state index in [-0.39, 0.29) is 6.61 Å². The molecule has 0 amide bonds. The molecule has 0 bridgehead atoms. The van der Waals surface area contributed by atoms with E-state index in [4.69, 9.17) is 4.74 Å². The summed E-state index contributed by atoms with van der Waals surface area (Å²) in [4.78, 5) is 2.27. The number of nitrogens with zero attached hydrogens (tertiary/aromatic N) is 3. The summed E-state index contributed by atoms with van der Waals surface area (Å²) in [6, 6.07) is 0.532. The summed E-state index contributed by atoms with van der Waals surface area (Å²) in [5, 5.41) is 17.2. The van der Waals surface area contributed by atoms with Gasteiger partial charge in [0.2, 0.25) is 5.88 Å². The quantitative estimate of drug-likeness (QED) is 0.752. The van der Waals surface area contributed by atoms with Crippen LogP contribution in [0.5, 0.6) is 5.88 Å². The number of aliphatic hydroxyl groups is 1. The smallest absolute Gasteiger partial charge is 0.216 e. The summed E-state index contributed by atoms with van der Waals surface area (Å²) in [5.74, 6) is 0.810. The Kier molecular flexibility index (Phi) is 5.39. The minimum atomic E-state index is 0.175. The average Bonchev–Trinajstić information content (AvgIpc) is 2.99. The highest BCUT2D eigenvalue weighted by Crippen LogP contribution is 2.23. The highest BCUT2D eigenvalue weighted by atomic mass is 16.5. The molecule has 0 aliphatic carbocycles. The summed E-state index contributed by atoms with van der Waals surface area (Å²) in [5.41, 5.74) is 2.10. The second-order valence-corrected chi connectivity index (χ2v) is 5.45. The first-order valence-electron chi connectivity index (χ1n) is 7.28. The highest BCUT2D eigenvalue weighted by molar-refractivity contribution is 5.30. The van der Waals surface area contributed by atoms with Gasteiger partial charge < -0.3 is 15.2 Å². The molecule has 6 nitrogen and oxygen atoms in total. The van der Waals surface area contributed by atoms with E-state index in [0.717, 1.165) is 36.8 Å². The van der Waals surface area contributed by atoms with Crippen molar-refractivity contribution in [2.75, 3.05) is 33.4 Å². The molecule has 1 aliphatic heterocycles. The van der Waals surface area contributed by atoms with Gasteiger partial charge in [-0.2, -0.15) is 5.10 Å². The van der Waals surface area contributed by atoms with Crippen LogP contribution in [0.25, 0.3) is 0 Å². The molecule has 2 N–H and O–H groups in total. The van der Waals surface area contributed by atoms with Crippen molar-refractivity contribution < 1.29 is 9.84 Å². The van der Waals surface area contributed by atoms with Crippen LogP contribution in [0.4, 0.5) is 0 Å². The highest BCUT2D eigenvalue weighted by Gasteiger charge is 2.21. The van der Waals surface area contributed by atoms with Gasteiger partial charge in [-0.15, -0.1) is 0 Å². The second-order valence-electron chi connectivity index (χ2n) is 5.45. The summed E-state index contributed by atoms with van der Waals surface area (Å²) < 4.78 is 7.22. The minimum Gasteiger partial charge on any atom is -0.481 e. The Balaban J connectivity index is 2.06. The van der Waals surface area contributed by atoms with Crippen molar-refractivity contribution in [1.29, 1.82) is 0 Å². The summed E-state index contributed by atoms with van der Waals surface area (Å²) in [6.07, 6.45) is 2.46. The maximum absolute atomic E-state index is 9.28. The van der Waals surface area contributed by atoms with Gasteiger partial charge in [-0.05, 0) is 26.3 Å². The molecular weight excluding hydrogens is 256 g/mol. The van der Waals surface area contributed by atoms with Crippen molar-refractivity contribution in [1.82, 2.24) is 20.0 Å². The summed E-state index contributed by atoms with van der Waals surface area (Å²) >= 11 is 0. The molecule has 2 heterocycles. The van der Waals surface area contributed by atoms with Gasteiger partial charge in [0.05, 0.1) is 25.0 Å². The van der Waals surface area contributed by atoms with Crippen LogP contribution < -0.4 is 10.1 Å². The van der Waals surface area contributed by atoms with Crippen molar-refractivity contribution in [3.05, 3.63) is 11.3 Å². The van der Waals surface area contributed by atoms with E-state index < -0.39 is 0 Å². The number of hydrogen-bond donors (Lipinski definition) is 2. The SMILES string of the molecule is COc1c(CN(CCO)CC2CCCN2)c(C)nn1C. The molecule has 0 aromatic carbocycles. The molecule has 1 unspecified atom stereocenters. The molecule has 6 heteroatoms. The Labute approximate surface area is 120 Å². The van der Waals surface area contributed by atoms with Crippen LogP contribution >= 0.6 is 0 Å². The lowest BCUT2D eigenvalue weighted by Gasteiger charge is -2.25. The van der Waals surface area contributed by atoms with Gasteiger partial charge in [-0.1, -0.05) is 0 Å². The minimum absolute atomic E-state index is 0.175. The van der Waals surface area contributed by atoms with Crippen molar-refractivity contribution in [3.8, 4) is 5.88 Å². The molecule has 1 saturated heterocycles. The third kappa shape index (κ3) is 3.50. The Morgan fingerprint density at radius 1 is 1.55 bits per heavy atom. The fourth-order valence-electron chi connectivity index (χ4n) is 2.94. The molecule has 1 aromatic rings. The van der Waals surface area contributed by atoms with Crippen LogP contribution in [0, 0.1) is 6.92 Å². The van der Waals surface area contributed by atoms with Gasteiger partial charge in [0.1, 0.15) is 0 Å². The molecule has 0 radical (unpaired) electrons. The molecule has 1 atom stereocenters. The van der Waals surface area contributed by atoms with E-state index in [1.54, 1.807) is 11.8 Å². The summed E-state index contributed by atoms with van der Waals surface area (Å²) in [6.45, 7) is 5.68. The average molecular weight is 282 g/mol. The fraction of sp³-hybridized carbons (Fsp3) is 0.786. The molecule has 0 saturated carbocycles. The first kappa shape index (κ1) is 15.3. The van der Waals surface area contributed by atoms with Crippen LogP contribution in [0.3, 0.4) is 0 Å². The maximum Gasteiger partial charge on any atom is 0.216 e. The molecular formula is C14H26N4O2. The lowest BCUT2D eigenvalue weighted by atomic mass is 10.2. The van der Waals surface area contributed by atoms with Gasteiger partial charge in [-0.25, -0.2) is 4.68 Å². The Bertz CT molecular complexity index is 427. The van der Waals surface area contributed by atoms with Crippen LogP contribution in [0.15, 0.2) is 0 Å². The van der Waals surface area contributed by atoms with Crippen LogP contribution in [-0.2, 0) is 13.6 Å². The largest absolute Gasteiger partial charge is 0.481 e. The second kappa shape index (κ2) is 7.06. The predicted molar refractivity (Wildman–Crippen MR) is 77.9 cm³/mol.